The van der Waals surface area contributed by atoms with E-state index < -0.39 is 0 Å². The minimum atomic E-state index is -0.132. The minimum absolute atomic E-state index is 0.132. The molecule has 0 fully saturated rings. The van der Waals surface area contributed by atoms with Gasteiger partial charge < -0.3 is 5.32 Å². The number of carbonyl (C=O) groups excluding carboxylic acids is 1. The molecular formula is C17H18N4OS. The molecule has 0 spiro atoms. The number of carbonyl (C=O) groups is 1. The number of fused-ring (bicyclic) bond motifs is 1. The third kappa shape index (κ3) is 3.32. The van der Waals surface area contributed by atoms with Gasteiger partial charge in [0.25, 0.3) is 0 Å². The van der Waals surface area contributed by atoms with Crippen molar-refractivity contribution in [1.29, 1.82) is 0 Å². The van der Waals surface area contributed by atoms with Crippen LogP contribution < -0.4 is 5.32 Å². The van der Waals surface area contributed by atoms with Gasteiger partial charge >= 0.3 is 0 Å². The number of rotatable bonds is 4. The summed E-state index contributed by atoms with van der Waals surface area (Å²) in [5.74, 6) is -0.132. The quantitative estimate of drug-likeness (QED) is 0.750. The molecule has 0 saturated heterocycles. The van der Waals surface area contributed by atoms with Crippen LogP contribution in [0.15, 0.2) is 30.3 Å². The molecule has 1 N–H and O–H groups in total. The van der Waals surface area contributed by atoms with Gasteiger partial charge in [0, 0.05) is 24.4 Å². The highest BCUT2D eigenvalue weighted by Gasteiger charge is 2.07. The Morgan fingerprint density at radius 1 is 1.35 bits per heavy atom. The van der Waals surface area contributed by atoms with Crippen molar-refractivity contribution in [3.8, 4) is 0 Å². The van der Waals surface area contributed by atoms with Crippen LogP contribution in [-0.4, -0.2) is 20.7 Å². The fourth-order valence-corrected chi connectivity index (χ4v) is 3.31. The van der Waals surface area contributed by atoms with Gasteiger partial charge in [0.2, 0.25) is 5.91 Å². The number of hydrogen-bond acceptors (Lipinski definition) is 4. The Morgan fingerprint density at radius 2 is 2.13 bits per heavy atom. The number of aromatic nitrogens is 3. The summed E-state index contributed by atoms with van der Waals surface area (Å²) in [5.41, 5.74) is 3.92. The first kappa shape index (κ1) is 15.4. The van der Waals surface area contributed by atoms with Crippen LogP contribution in [0.2, 0.25) is 0 Å². The van der Waals surface area contributed by atoms with E-state index in [1.807, 2.05) is 55.9 Å². The van der Waals surface area contributed by atoms with Gasteiger partial charge in [0.1, 0.15) is 5.01 Å². The Labute approximate surface area is 138 Å². The average Bonchev–Trinajstić information content (AvgIpc) is 3.05. The second-order valence-corrected chi connectivity index (χ2v) is 6.45. The Kier molecular flexibility index (Phi) is 4.25. The lowest BCUT2D eigenvalue weighted by molar-refractivity contribution is -0.116. The molecular weight excluding hydrogens is 308 g/mol. The van der Waals surface area contributed by atoms with E-state index in [1.54, 1.807) is 17.4 Å². The molecule has 0 aliphatic rings. The van der Waals surface area contributed by atoms with Crippen molar-refractivity contribution < 1.29 is 4.79 Å². The molecule has 1 amide bonds. The number of benzene rings is 1. The zero-order valence-corrected chi connectivity index (χ0v) is 14.1. The van der Waals surface area contributed by atoms with Crippen molar-refractivity contribution in [3.05, 3.63) is 52.3 Å². The highest BCUT2D eigenvalue weighted by Crippen LogP contribution is 2.21. The molecule has 0 unspecified atom stereocenters. The Balaban J connectivity index is 1.64. The first-order valence-electron chi connectivity index (χ1n) is 7.35. The van der Waals surface area contributed by atoms with Crippen LogP contribution >= 0.6 is 11.3 Å². The van der Waals surface area contributed by atoms with Crippen molar-refractivity contribution in [2.75, 3.05) is 0 Å². The van der Waals surface area contributed by atoms with Gasteiger partial charge in [0.05, 0.1) is 22.5 Å². The standard InChI is InChI=1S/C17H18N4OS/c1-11-13(12(2)21(3)20-11)8-9-16(22)18-10-17-19-14-6-4-5-7-15(14)23-17/h4-9H,10H2,1-3H3,(H,18,22)/b9-8-. The molecule has 5 nitrogen and oxygen atoms in total. The van der Waals surface area contributed by atoms with Crippen LogP contribution in [0, 0.1) is 13.8 Å². The molecule has 6 heteroatoms. The smallest absolute Gasteiger partial charge is 0.244 e. The molecule has 118 valence electrons. The van der Waals surface area contributed by atoms with E-state index >= 15 is 0 Å². The van der Waals surface area contributed by atoms with Gasteiger partial charge in [-0.1, -0.05) is 12.1 Å². The Bertz CT molecular complexity index is 858. The summed E-state index contributed by atoms with van der Waals surface area (Å²) in [5, 5.41) is 8.11. The Hall–Kier alpha value is -2.47. The zero-order valence-electron chi connectivity index (χ0n) is 13.3. The third-order valence-electron chi connectivity index (χ3n) is 3.72. The summed E-state index contributed by atoms with van der Waals surface area (Å²) in [6.45, 7) is 4.36. The van der Waals surface area contributed by atoms with Crippen molar-refractivity contribution in [1.82, 2.24) is 20.1 Å². The maximum atomic E-state index is 12.0. The van der Waals surface area contributed by atoms with Crippen LogP contribution in [0.25, 0.3) is 16.3 Å². The molecule has 0 aliphatic carbocycles. The lowest BCUT2D eigenvalue weighted by Gasteiger charge is -1.98. The highest BCUT2D eigenvalue weighted by molar-refractivity contribution is 7.18. The van der Waals surface area contributed by atoms with Crippen molar-refractivity contribution >= 4 is 33.5 Å². The molecule has 3 aromatic rings. The molecule has 0 atom stereocenters. The van der Waals surface area contributed by atoms with E-state index in [-0.39, 0.29) is 5.91 Å². The summed E-state index contributed by atoms with van der Waals surface area (Å²) in [7, 11) is 1.90. The van der Waals surface area contributed by atoms with Gasteiger partial charge in [-0.15, -0.1) is 11.3 Å². The Morgan fingerprint density at radius 3 is 2.83 bits per heavy atom. The first-order valence-corrected chi connectivity index (χ1v) is 8.17. The lowest BCUT2D eigenvalue weighted by Crippen LogP contribution is -2.20. The van der Waals surface area contributed by atoms with Crippen LogP contribution in [0.3, 0.4) is 0 Å². The van der Waals surface area contributed by atoms with Crippen LogP contribution in [0.5, 0.6) is 0 Å². The second-order valence-electron chi connectivity index (χ2n) is 5.33. The van der Waals surface area contributed by atoms with E-state index in [1.165, 1.54) is 0 Å². The summed E-state index contributed by atoms with van der Waals surface area (Å²) in [4.78, 5) is 16.5. The predicted molar refractivity (Wildman–Crippen MR) is 93.2 cm³/mol. The van der Waals surface area contributed by atoms with Gasteiger partial charge in [0.15, 0.2) is 0 Å². The van der Waals surface area contributed by atoms with E-state index in [0.717, 1.165) is 32.2 Å². The largest absolute Gasteiger partial charge is 0.346 e. The number of nitrogens with one attached hydrogen (secondary N) is 1. The number of aryl methyl sites for hydroxylation is 2. The molecule has 0 saturated carbocycles. The van der Waals surface area contributed by atoms with Crippen LogP contribution in [0.4, 0.5) is 0 Å². The lowest BCUT2D eigenvalue weighted by atomic mass is 10.2. The van der Waals surface area contributed by atoms with Gasteiger partial charge in [-0.25, -0.2) is 4.98 Å². The number of amides is 1. The van der Waals surface area contributed by atoms with Crippen molar-refractivity contribution in [2.24, 2.45) is 7.05 Å². The topological polar surface area (TPSA) is 59.8 Å². The molecule has 1 aromatic carbocycles. The highest BCUT2D eigenvalue weighted by atomic mass is 32.1. The molecule has 0 aliphatic heterocycles. The number of thiazole rings is 1. The molecule has 23 heavy (non-hydrogen) atoms. The molecule has 2 heterocycles. The number of nitrogens with zero attached hydrogens (tertiary/aromatic N) is 3. The minimum Gasteiger partial charge on any atom is -0.346 e. The van der Waals surface area contributed by atoms with Gasteiger partial charge in [-0.05, 0) is 32.1 Å². The molecule has 2 aromatic heterocycles. The van der Waals surface area contributed by atoms with Gasteiger partial charge in [-0.2, -0.15) is 5.10 Å². The third-order valence-corrected chi connectivity index (χ3v) is 4.75. The van der Waals surface area contributed by atoms with Crippen molar-refractivity contribution in [3.63, 3.8) is 0 Å². The first-order chi connectivity index (χ1) is 11.0. The van der Waals surface area contributed by atoms with E-state index in [0.29, 0.717) is 6.54 Å². The summed E-state index contributed by atoms with van der Waals surface area (Å²) < 4.78 is 2.95. The second kappa shape index (κ2) is 6.34. The normalized spacial score (nSPS) is 11.4. The predicted octanol–water partition coefficient (Wildman–Crippen LogP) is 2.98. The van der Waals surface area contributed by atoms with Crippen LogP contribution in [-0.2, 0) is 18.4 Å². The zero-order chi connectivity index (χ0) is 16.4. The average molecular weight is 326 g/mol. The SMILES string of the molecule is Cc1nn(C)c(C)c1/C=C\C(=O)NCc1nc2ccccc2s1. The molecule has 0 radical (unpaired) electrons. The molecule has 3 rings (SSSR count). The van der Waals surface area contributed by atoms with E-state index in [2.05, 4.69) is 15.4 Å². The van der Waals surface area contributed by atoms with E-state index in [4.69, 9.17) is 0 Å². The summed E-state index contributed by atoms with van der Waals surface area (Å²) in [6, 6.07) is 7.97. The van der Waals surface area contributed by atoms with Crippen LogP contribution in [0.1, 0.15) is 22.0 Å². The fourth-order valence-electron chi connectivity index (χ4n) is 2.41. The fraction of sp³-hybridized carbons (Fsp3) is 0.235. The molecule has 0 bridgehead atoms. The number of hydrogen-bond donors (Lipinski definition) is 1. The summed E-state index contributed by atoms with van der Waals surface area (Å²) >= 11 is 1.60. The van der Waals surface area contributed by atoms with E-state index in [9.17, 15) is 4.79 Å². The van der Waals surface area contributed by atoms with Crippen molar-refractivity contribution in [2.45, 2.75) is 20.4 Å². The van der Waals surface area contributed by atoms with Gasteiger partial charge in [-0.3, -0.25) is 9.48 Å². The monoisotopic (exact) mass is 326 g/mol. The number of para-hydroxylation sites is 1. The summed E-state index contributed by atoms with van der Waals surface area (Å²) in [6.07, 6.45) is 3.36. The maximum absolute atomic E-state index is 12.0. The maximum Gasteiger partial charge on any atom is 0.244 e.